The van der Waals surface area contributed by atoms with Gasteiger partial charge in [0.05, 0.1) is 17.2 Å². The second-order valence-corrected chi connectivity index (χ2v) is 4.53. The van der Waals surface area contributed by atoms with Gasteiger partial charge < -0.3 is 15.7 Å². The molecule has 5 nitrogen and oxygen atoms in total. The SMILES string of the molecule is O=C(O)c1ccc(F)c(NC(=O)[C@@H]2CCCNC2)c1. The molecule has 3 N–H and O–H groups in total. The molecule has 1 atom stereocenters. The molecule has 0 aliphatic carbocycles. The van der Waals surface area contributed by atoms with E-state index in [2.05, 4.69) is 10.6 Å². The molecule has 1 fully saturated rings. The van der Waals surface area contributed by atoms with Gasteiger partial charge in [-0.15, -0.1) is 0 Å². The molecule has 2 rings (SSSR count). The number of nitrogens with one attached hydrogen (secondary N) is 2. The summed E-state index contributed by atoms with van der Waals surface area (Å²) < 4.78 is 13.5. The van der Waals surface area contributed by atoms with Crippen LogP contribution in [0.2, 0.25) is 0 Å². The highest BCUT2D eigenvalue weighted by Crippen LogP contribution is 2.19. The average molecular weight is 266 g/mol. The van der Waals surface area contributed by atoms with Gasteiger partial charge in [0.25, 0.3) is 0 Å². The maximum atomic E-state index is 13.5. The fourth-order valence-electron chi connectivity index (χ4n) is 2.06. The number of carbonyl (C=O) groups excluding carboxylic acids is 1. The third-order valence-corrected chi connectivity index (χ3v) is 3.14. The molecule has 0 saturated carbocycles. The number of carboxylic acid groups (broad SMARTS) is 1. The fraction of sp³-hybridized carbons (Fsp3) is 0.385. The van der Waals surface area contributed by atoms with Crippen LogP contribution in [-0.4, -0.2) is 30.1 Å². The van der Waals surface area contributed by atoms with Crippen LogP contribution in [0, 0.1) is 11.7 Å². The molecule has 0 aromatic heterocycles. The summed E-state index contributed by atoms with van der Waals surface area (Å²) in [5.41, 5.74) is -0.144. The smallest absolute Gasteiger partial charge is 0.335 e. The number of aromatic carboxylic acids is 1. The maximum Gasteiger partial charge on any atom is 0.335 e. The van der Waals surface area contributed by atoms with Gasteiger partial charge in [-0.05, 0) is 37.6 Å². The topological polar surface area (TPSA) is 78.4 Å². The largest absolute Gasteiger partial charge is 0.478 e. The summed E-state index contributed by atoms with van der Waals surface area (Å²) in [5.74, 6) is -2.28. The first-order valence-electron chi connectivity index (χ1n) is 6.12. The Bertz CT molecular complexity index is 499. The van der Waals surface area contributed by atoms with Gasteiger partial charge in [0.1, 0.15) is 5.82 Å². The van der Waals surface area contributed by atoms with Crippen molar-refractivity contribution in [1.29, 1.82) is 0 Å². The van der Waals surface area contributed by atoms with Crippen molar-refractivity contribution in [2.45, 2.75) is 12.8 Å². The molecule has 1 saturated heterocycles. The highest BCUT2D eigenvalue weighted by atomic mass is 19.1. The van der Waals surface area contributed by atoms with Crippen molar-refractivity contribution in [2.75, 3.05) is 18.4 Å². The molecule has 0 bridgehead atoms. The van der Waals surface area contributed by atoms with Gasteiger partial charge in [0.15, 0.2) is 0 Å². The molecule has 0 radical (unpaired) electrons. The van der Waals surface area contributed by atoms with Gasteiger partial charge in [-0.3, -0.25) is 4.79 Å². The highest BCUT2D eigenvalue weighted by molar-refractivity contribution is 5.95. The number of rotatable bonds is 3. The van der Waals surface area contributed by atoms with E-state index in [1.54, 1.807) is 0 Å². The van der Waals surface area contributed by atoms with E-state index in [9.17, 15) is 14.0 Å². The third kappa shape index (κ3) is 3.29. The van der Waals surface area contributed by atoms with Crippen LogP contribution in [0.4, 0.5) is 10.1 Å². The van der Waals surface area contributed by atoms with Crippen molar-refractivity contribution in [2.24, 2.45) is 5.92 Å². The zero-order valence-corrected chi connectivity index (χ0v) is 10.3. The van der Waals surface area contributed by atoms with Crippen LogP contribution in [0.25, 0.3) is 0 Å². The molecule has 102 valence electrons. The summed E-state index contributed by atoms with van der Waals surface area (Å²) in [5, 5.41) is 14.4. The Morgan fingerprint density at radius 1 is 1.42 bits per heavy atom. The van der Waals surface area contributed by atoms with E-state index in [0.717, 1.165) is 37.6 Å². The first-order chi connectivity index (χ1) is 9.08. The molecule has 1 heterocycles. The molecule has 1 amide bonds. The van der Waals surface area contributed by atoms with Gasteiger partial charge in [0, 0.05) is 6.54 Å². The van der Waals surface area contributed by atoms with Crippen LogP contribution in [0.1, 0.15) is 23.2 Å². The normalized spacial score (nSPS) is 18.9. The molecule has 1 aromatic rings. The van der Waals surface area contributed by atoms with E-state index in [-0.39, 0.29) is 23.1 Å². The Morgan fingerprint density at radius 3 is 2.84 bits per heavy atom. The lowest BCUT2D eigenvalue weighted by atomic mass is 9.98. The van der Waals surface area contributed by atoms with E-state index in [0.29, 0.717) is 6.54 Å². The van der Waals surface area contributed by atoms with Crippen LogP contribution < -0.4 is 10.6 Å². The molecule has 6 heteroatoms. The zero-order chi connectivity index (χ0) is 13.8. The molecular weight excluding hydrogens is 251 g/mol. The van der Waals surface area contributed by atoms with Gasteiger partial charge in [0.2, 0.25) is 5.91 Å². The summed E-state index contributed by atoms with van der Waals surface area (Å²) in [7, 11) is 0. The maximum absolute atomic E-state index is 13.5. The Hall–Kier alpha value is -1.95. The van der Waals surface area contributed by atoms with E-state index in [1.807, 2.05) is 0 Å². The zero-order valence-electron chi connectivity index (χ0n) is 10.3. The second kappa shape index (κ2) is 5.79. The van der Waals surface area contributed by atoms with Crippen molar-refractivity contribution in [3.05, 3.63) is 29.6 Å². The minimum atomic E-state index is -1.16. The molecule has 0 spiro atoms. The number of halogens is 1. The van der Waals surface area contributed by atoms with E-state index in [4.69, 9.17) is 5.11 Å². The Balaban J connectivity index is 2.11. The van der Waals surface area contributed by atoms with Crippen LogP contribution >= 0.6 is 0 Å². The lowest BCUT2D eigenvalue weighted by molar-refractivity contribution is -0.120. The Kier molecular flexibility index (Phi) is 4.11. The van der Waals surface area contributed by atoms with Crippen molar-refractivity contribution in [3.63, 3.8) is 0 Å². The first kappa shape index (κ1) is 13.5. The van der Waals surface area contributed by atoms with Gasteiger partial charge >= 0.3 is 5.97 Å². The summed E-state index contributed by atoms with van der Waals surface area (Å²) in [6.45, 7) is 1.44. The number of amides is 1. The van der Waals surface area contributed by atoms with E-state index < -0.39 is 11.8 Å². The quantitative estimate of drug-likeness (QED) is 0.774. The Labute approximate surface area is 109 Å². The van der Waals surface area contributed by atoms with Crippen molar-refractivity contribution < 1.29 is 19.1 Å². The van der Waals surface area contributed by atoms with Crippen LogP contribution in [0.5, 0.6) is 0 Å². The van der Waals surface area contributed by atoms with Gasteiger partial charge in [-0.25, -0.2) is 9.18 Å². The van der Waals surface area contributed by atoms with Gasteiger partial charge in [-0.2, -0.15) is 0 Å². The second-order valence-electron chi connectivity index (χ2n) is 4.53. The molecular formula is C13H15FN2O3. The van der Waals surface area contributed by atoms with Crippen molar-refractivity contribution in [3.8, 4) is 0 Å². The van der Waals surface area contributed by atoms with E-state index in [1.165, 1.54) is 0 Å². The minimum Gasteiger partial charge on any atom is -0.478 e. The molecule has 1 aliphatic heterocycles. The van der Waals surface area contributed by atoms with Crippen molar-refractivity contribution in [1.82, 2.24) is 5.32 Å². The lowest BCUT2D eigenvalue weighted by Gasteiger charge is -2.22. The predicted octanol–water partition coefficient (Wildman–Crippen LogP) is 1.46. The highest BCUT2D eigenvalue weighted by Gasteiger charge is 2.22. The Morgan fingerprint density at radius 2 is 2.21 bits per heavy atom. The number of piperidine rings is 1. The number of hydrogen-bond donors (Lipinski definition) is 3. The number of carboxylic acids is 1. The van der Waals surface area contributed by atoms with Gasteiger partial charge in [-0.1, -0.05) is 0 Å². The summed E-state index contributed by atoms with van der Waals surface area (Å²) in [6, 6.07) is 3.33. The van der Waals surface area contributed by atoms with Crippen molar-refractivity contribution >= 4 is 17.6 Å². The molecule has 1 aromatic carbocycles. The monoisotopic (exact) mass is 266 g/mol. The van der Waals surface area contributed by atoms with Crippen LogP contribution in [-0.2, 0) is 4.79 Å². The van der Waals surface area contributed by atoms with Crippen LogP contribution in [0.3, 0.4) is 0 Å². The minimum absolute atomic E-state index is 0.0570. The summed E-state index contributed by atoms with van der Waals surface area (Å²) in [6.07, 6.45) is 1.65. The lowest BCUT2D eigenvalue weighted by Crippen LogP contribution is -2.37. The molecule has 19 heavy (non-hydrogen) atoms. The standard InChI is InChI=1S/C13H15FN2O3/c14-10-4-3-8(13(18)19)6-11(10)16-12(17)9-2-1-5-15-7-9/h3-4,6,9,15H,1-2,5,7H2,(H,16,17)(H,18,19)/t9-/m1/s1. The summed E-state index contributed by atoms with van der Waals surface area (Å²) >= 11 is 0. The van der Waals surface area contributed by atoms with E-state index >= 15 is 0 Å². The molecule has 1 aliphatic rings. The predicted molar refractivity (Wildman–Crippen MR) is 67.6 cm³/mol. The fourth-order valence-corrected chi connectivity index (χ4v) is 2.06. The number of hydrogen-bond acceptors (Lipinski definition) is 3. The number of anilines is 1. The molecule has 0 unspecified atom stereocenters. The van der Waals surface area contributed by atoms with Crippen LogP contribution in [0.15, 0.2) is 18.2 Å². The number of benzene rings is 1. The third-order valence-electron chi connectivity index (χ3n) is 3.14. The first-order valence-corrected chi connectivity index (χ1v) is 6.12. The number of carbonyl (C=O) groups is 2. The average Bonchev–Trinajstić information content (AvgIpc) is 2.42. The summed E-state index contributed by atoms with van der Waals surface area (Å²) in [4.78, 5) is 22.7.